The first kappa shape index (κ1) is 18.9. The van der Waals surface area contributed by atoms with Crippen molar-refractivity contribution in [1.29, 1.82) is 0 Å². The largest absolute Gasteiger partial charge is 0.395 e. The van der Waals surface area contributed by atoms with Gasteiger partial charge in [-0.2, -0.15) is 0 Å². The van der Waals surface area contributed by atoms with E-state index in [4.69, 9.17) is 0 Å². The molecule has 0 saturated carbocycles. The Morgan fingerprint density at radius 1 is 0.778 bits per heavy atom. The Hall–Kier alpha value is -2.91. The maximum absolute atomic E-state index is 13.1. The summed E-state index contributed by atoms with van der Waals surface area (Å²) in [6.07, 6.45) is 0.376. The molecule has 27 heavy (non-hydrogen) atoms. The molecule has 0 heterocycles. The molecule has 0 aliphatic rings. The molecule has 0 unspecified atom stereocenters. The van der Waals surface area contributed by atoms with Crippen LogP contribution in [0.5, 0.6) is 0 Å². The summed E-state index contributed by atoms with van der Waals surface area (Å²) in [4.78, 5) is 14.9. The first-order valence-corrected chi connectivity index (χ1v) is 9.30. The number of nitrogens with zero attached hydrogens (tertiary/aromatic N) is 1. The summed E-state index contributed by atoms with van der Waals surface area (Å²) in [6, 6.07) is 30.2. The van der Waals surface area contributed by atoms with Gasteiger partial charge in [-0.15, -0.1) is 0 Å². The van der Waals surface area contributed by atoms with Gasteiger partial charge in [0, 0.05) is 25.4 Å². The summed E-state index contributed by atoms with van der Waals surface area (Å²) < 4.78 is 0. The number of hydrogen-bond donors (Lipinski definition) is 1. The summed E-state index contributed by atoms with van der Waals surface area (Å²) in [5.41, 5.74) is 3.32. The Morgan fingerprint density at radius 2 is 1.26 bits per heavy atom. The second-order valence-electron chi connectivity index (χ2n) is 6.60. The molecule has 0 saturated heterocycles. The van der Waals surface area contributed by atoms with Crippen LogP contribution in [0, 0.1) is 0 Å². The number of benzene rings is 3. The molecule has 0 aliphatic carbocycles. The van der Waals surface area contributed by atoms with Crippen LogP contribution in [0.2, 0.25) is 0 Å². The Morgan fingerprint density at radius 3 is 1.74 bits per heavy atom. The van der Waals surface area contributed by atoms with Crippen LogP contribution in [0.1, 0.15) is 29.0 Å². The summed E-state index contributed by atoms with van der Waals surface area (Å²) >= 11 is 0. The van der Waals surface area contributed by atoms with E-state index in [-0.39, 0.29) is 18.4 Å². The van der Waals surface area contributed by atoms with Gasteiger partial charge >= 0.3 is 0 Å². The van der Waals surface area contributed by atoms with E-state index in [1.807, 2.05) is 66.7 Å². The lowest BCUT2D eigenvalue weighted by molar-refractivity contribution is -0.132. The molecule has 1 N–H and O–H groups in total. The number of aliphatic hydroxyl groups is 1. The van der Waals surface area contributed by atoms with E-state index in [1.54, 1.807) is 4.90 Å². The minimum atomic E-state index is -0.0418. The lowest BCUT2D eigenvalue weighted by atomic mass is 9.88. The van der Waals surface area contributed by atoms with Gasteiger partial charge in [0.15, 0.2) is 0 Å². The molecule has 0 aliphatic heterocycles. The number of carbonyl (C=O) groups excluding carboxylic acids is 1. The zero-order valence-electron chi connectivity index (χ0n) is 15.4. The van der Waals surface area contributed by atoms with Crippen LogP contribution < -0.4 is 0 Å². The molecule has 3 heteroatoms. The Balaban J connectivity index is 1.81. The molecule has 0 fully saturated rings. The molecule has 0 aromatic heterocycles. The van der Waals surface area contributed by atoms with Gasteiger partial charge in [-0.3, -0.25) is 4.79 Å². The lowest BCUT2D eigenvalue weighted by Crippen LogP contribution is -2.34. The van der Waals surface area contributed by atoms with E-state index < -0.39 is 0 Å². The zero-order chi connectivity index (χ0) is 18.9. The zero-order valence-corrected chi connectivity index (χ0v) is 15.4. The summed E-state index contributed by atoms with van der Waals surface area (Å²) in [6.45, 7) is 0.806. The number of amides is 1. The smallest absolute Gasteiger partial charge is 0.223 e. The van der Waals surface area contributed by atoms with Gasteiger partial charge in [0.1, 0.15) is 0 Å². The summed E-state index contributed by atoms with van der Waals surface area (Å²) in [5, 5.41) is 9.44. The van der Waals surface area contributed by atoms with Crippen LogP contribution in [-0.4, -0.2) is 29.1 Å². The van der Waals surface area contributed by atoms with Crippen molar-refractivity contribution < 1.29 is 9.90 Å². The fourth-order valence-corrected chi connectivity index (χ4v) is 3.32. The van der Waals surface area contributed by atoms with E-state index in [1.165, 1.54) is 0 Å². The van der Waals surface area contributed by atoms with Gasteiger partial charge in [0.2, 0.25) is 5.91 Å². The second kappa shape index (κ2) is 9.70. The molecule has 0 bridgehead atoms. The average Bonchev–Trinajstić information content (AvgIpc) is 2.73. The van der Waals surface area contributed by atoms with Crippen molar-refractivity contribution >= 4 is 5.91 Å². The topological polar surface area (TPSA) is 40.5 Å². The van der Waals surface area contributed by atoms with Crippen molar-refractivity contribution in [2.24, 2.45) is 0 Å². The van der Waals surface area contributed by atoms with Crippen molar-refractivity contribution in [3.8, 4) is 0 Å². The van der Waals surface area contributed by atoms with Crippen LogP contribution in [0.4, 0.5) is 0 Å². The molecular weight excluding hydrogens is 334 g/mol. The third-order valence-corrected chi connectivity index (χ3v) is 4.72. The highest BCUT2D eigenvalue weighted by Gasteiger charge is 2.22. The Kier molecular flexibility index (Phi) is 6.78. The molecule has 3 aromatic rings. The van der Waals surface area contributed by atoms with Crippen LogP contribution in [-0.2, 0) is 11.3 Å². The van der Waals surface area contributed by atoms with Gasteiger partial charge in [-0.25, -0.2) is 0 Å². The SMILES string of the molecule is O=C(CC(c1ccccc1)c1ccccc1)N(CCO)Cc1ccccc1. The van der Waals surface area contributed by atoms with Gasteiger partial charge in [-0.05, 0) is 16.7 Å². The molecule has 0 spiro atoms. The van der Waals surface area contributed by atoms with Gasteiger partial charge in [0.05, 0.1) is 6.61 Å². The molecule has 3 nitrogen and oxygen atoms in total. The van der Waals surface area contributed by atoms with Gasteiger partial charge < -0.3 is 10.0 Å². The van der Waals surface area contributed by atoms with Crippen molar-refractivity contribution in [2.45, 2.75) is 18.9 Å². The van der Waals surface area contributed by atoms with E-state index in [9.17, 15) is 9.90 Å². The number of rotatable bonds is 8. The molecule has 138 valence electrons. The normalized spacial score (nSPS) is 10.7. The molecule has 1 amide bonds. The van der Waals surface area contributed by atoms with Crippen LogP contribution in [0.3, 0.4) is 0 Å². The van der Waals surface area contributed by atoms with Crippen LogP contribution >= 0.6 is 0 Å². The Labute approximate surface area is 160 Å². The van der Waals surface area contributed by atoms with E-state index in [0.717, 1.165) is 16.7 Å². The Bertz CT molecular complexity index is 779. The summed E-state index contributed by atoms with van der Waals surface area (Å²) in [7, 11) is 0. The fourth-order valence-electron chi connectivity index (χ4n) is 3.32. The van der Waals surface area contributed by atoms with Crippen LogP contribution in [0.25, 0.3) is 0 Å². The highest BCUT2D eigenvalue weighted by Crippen LogP contribution is 2.28. The molecule has 3 aromatic carbocycles. The van der Waals surface area contributed by atoms with E-state index in [2.05, 4.69) is 24.3 Å². The first-order valence-electron chi connectivity index (χ1n) is 9.30. The van der Waals surface area contributed by atoms with Gasteiger partial charge in [0.25, 0.3) is 0 Å². The third kappa shape index (κ3) is 5.28. The van der Waals surface area contributed by atoms with Crippen molar-refractivity contribution in [3.05, 3.63) is 108 Å². The number of aliphatic hydroxyl groups excluding tert-OH is 1. The molecule has 0 radical (unpaired) electrons. The standard InChI is InChI=1S/C24H25NO2/c26-17-16-25(19-20-10-4-1-5-11-20)24(27)18-23(21-12-6-2-7-13-21)22-14-8-3-9-15-22/h1-15,23,26H,16-19H2. The van der Waals surface area contributed by atoms with E-state index >= 15 is 0 Å². The van der Waals surface area contributed by atoms with Crippen molar-refractivity contribution in [3.63, 3.8) is 0 Å². The number of hydrogen-bond acceptors (Lipinski definition) is 2. The fraction of sp³-hybridized carbons (Fsp3) is 0.208. The maximum Gasteiger partial charge on any atom is 0.223 e. The highest BCUT2D eigenvalue weighted by atomic mass is 16.3. The lowest BCUT2D eigenvalue weighted by Gasteiger charge is -2.25. The highest BCUT2D eigenvalue weighted by molar-refractivity contribution is 5.78. The molecule has 0 atom stereocenters. The van der Waals surface area contributed by atoms with Crippen molar-refractivity contribution in [2.75, 3.05) is 13.2 Å². The van der Waals surface area contributed by atoms with Gasteiger partial charge in [-0.1, -0.05) is 91.0 Å². The minimum absolute atomic E-state index is 0.00290. The number of carbonyl (C=O) groups is 1. The quantitative estimate of drug-likeness (QED) is 0.654. The minimum Gasteiger partial charge on any atom is -0.395 e. The molecular formula is C24H25NO2. The predicted octanol–water partition coefficient (Wildman–Crippen LogP) is 4.23. The monoisotopic (exact) mass is 359 g/mol. The maximum atomic E-state index is 13.1. The summed E-state index contributed by atoms with van der Waals surface area (Å²) in [5.74, 6) is 0.0440. The van der Waals surface area contributed by atoms with Crippen LogP contribution in [0.15, 0.2) is 91.0 Å². The third-order valence-electron chi connectivity index (χ3n) is 4.72. The molecule has 3 rings (SSSR count). The first-order chi connectivity index (χ1) is 13.3. The second-order valence-corrected chi connectivity index (χ2v) is 6.60. The predicted molar refractivity (Wildman–Crippen MR) is 108 cm³/mol. The average molecular weight is 359 g/mol. The van der Waals surface area contributed by atoms with E-state index in [0.29, 0.717) is 19.5 Å². The van der Waals surface area contributed by atoms with Crippen molar-refractivity contribution in [1.82, 2.24) is 4.90 Å².